The third-order valence-corrected chi connectivity index (χ3v) is 3.09. The van der Waals surface area contributed by atoms with E-state index in [4.69, 9.17) is 0 Å². The molecule has 1 aliphatic rings. The van der Waals surface area contributed by atoms with E-state index < -0.39 is 0 Å². The van der Waals surface area contributed by atoms with Gasteiger partial charge < -0.3 is 5.32 Å². The molecule has 88 valence electrons. The lowest BCUT2D eigenvalue weighted by Gasteiger charge is -2.31. The summed E-state index contributed by atoms with van der Waals surface area (Å²) in [6, 6.07) is 2.11. The van der Waals surface area contributed by atoms with Crippen LogP contribution in [0.1, 0.15) is 18.4 Å². The predicted molar refractivity (Wildman–Crippen MR) is 61.6 cm³/mol. The Hall–Kier alpha value is -1.00. The number of hydrogen-bond donors (Lipinski definition) is 1. The largest absolute Gasteiger partial charge is 0.315 e. The molecule has 1 fully saturated rings. The van der Waals surface area contributed by atoms with Gasteiger partial charge in [-0.3, -0.25) is 9.88 Å². The molecule has 1 atom stereocenters. The second-order valence-corrected chi connectivity index (χ2v) is 4.43. The van der Waals surface area contributed by atoms with Gasteiger partial charge in [-0.1, -0.05) is 0 Å². The quantitative estimate of drug-likeness (QED) is 0.839. The van der Waals surface area contributed by atoms with Crippen molar-refractivity contribution in [2.75, 3.05) is 20.1 Å². The highest BCUT2D eigenvalue weighted by Crippen LogP contribution is 2.12. The Balaban J connectivity index is 1.93. The van der Waals surface area contributed by atoms with E-state index in [1.807, 2.05) is 0 Å². The van der Waals surface area contributed by atoms with Gasteiger partial charge in [0.05, 0.1) is 6.20 Å². The van der Waals surface area contributed by atoms with Crippen molar-refractivity contribution in [3.63, 3.8) is 0 Å². The van der Waals surface area contributed by atoms with Crippen molar-refractivity contribution in [2.45, 2.75) is 25.4 Å². The molecule has 0 saturated carbocycles. The Labute approximate surface area is 95.7 Å². The molecule has 1 saturated heterocycles. The zero-order valence-corrected chi connectivity index (χ0v) is 9.62. The minimum absolute atomic E-state index is 0.257. The van der Waals surface area contributed by atoms with Crippen LogP contribution >= 0.6 is 0 Å². The van der Waals surface area contributed by atoms with Crippen molar-refractivity contribution in [1.82, 2.24) is 15.2 Å². The Morgan fingerprint density at radius 1 is 1.56 bits per heavy atom. The summed E-state index contributed by atoms with van der Waals surface area (Å²) in [6.45, 7) is 2.90. The molecule has 0 aromatic carbocycles. The van der Waals surface area contributed by atoms with Crippen molar-refractivity contribution in [1.29, 1.82) is 0 Å². The number of nitrogens with zero attached hydrogens (tertiary/aromatic N) is 2. The molecule has 3 nitrogen and oxygen atoms in total. The van der Waals surface area contributed by atoms with Crippen molar-refractivity contribution < 1.29 is 4.39 Å². The molecule has 1 aromatic heterocycles. The molecule has 0 aliphatic carbocycles. The summed E-state index contributed by atoms with van der Waals surface area (Å²) < 4.78 is 13.0. The van der Waals surface area contributed by atoms with E-state index in [0.717, 1.165) is 25.2 Å². The SMILES string of the molecule is CN(Cc1cncc(F)c1)C1CCCNC1. The van der Waals surface area contributed by atoms with Crippen LogP contribution in [0.5, 0.6) is 0 Å². The summed E-state index contributed by atoms with van der Waals surface area (Å²) in [5, 5.41) is 3.38. The van der Waals surface area contributed by atoms with Crippen LogP contribution in [0.15, 0.2) is 18.5 Å². The molecular formula is C12H18FN3. The second-order valence-electron chi connectivity index (χ2n) is 4.43. The lowest BCUT2D eigenvalue weighted by atomic mass is 10.1. The van der Waals surface area contributed by atoms with Crippen LogP contribution in [0, 0.1) is 5.82 Å². The van der Waals surface area contributed by atoms with Gasteiger partial charge in [-0.05, 0) is 38.1 Å². The van der Waals surface area contributed by atoms with E-state index in [2.05, 4.69) is 22.2 Å². The first-order valence-corrected chi connectivity index (χ1v) is 5.76. The van der Waals surface area contributed by atoms with Crippen LogP contribution < -0.4 is 5.32 Å². The van der Waals surface area contributed by atoms with Gasteiger partial charge in [0, 0.05) is 25.3 Å². The summed E-state index contributed by atoms with van der Waals surface area (Å²) in [6.07, 6.45) is 5.41. The van der Waals surface area contributed by atoms with Gasteiger partial charge in [0.25, 0.3) is 0 Å². The van der Waals surface area contributed by atoms with Crippen LogP contribution in [-0.2, 0) is 6.54 Å². The predicted octanol–water partition coefficient (Wildman–Crippen LogP) is 1.40. The average molecular weight is 223 g/mol. The molecule has 2 rings (SSSR count). The molecule has 16 heavy (non-hydrogen) atoms. The van der Waals surface area contributed by atoms with Crippen molar-refractivity contribution in [2.24, 2.45) is 0 Å². The number of pyridine rings is 1. The number of rotatable bonds is 3. The fourth-order valence-electron chi connectivity index (χ4n) is 2.17. The molecule has 0 radical (unpaired) electrons. The monoisotopic (exact) mass is 223 g/mol. The van der Waals surface area contributed by atoms with Gasteiger partial charge in [-0.2, -0.15) is 0 Å². The normalized spacial score (nSPS) is 21.3. The van der Waals surface area contributed by atoms with Gasteiger partial charge in [-0.15, -0.1) is 0 Å². The minimum Gasteiger partial charge on any atom is -0.315 e. The number of likely N-dealkylation sites (N-methyl/N-ethyl adjacent to an activating group) is 1. The first-order valence-electron chi connectivity index (χ1n) is 5.76. The zero-order chi connectivity index (χ0) is 11.4. The summed E-state index contributed by atoms with van der Waals surface area (Å²) in [5.74, 6) is -0.257. The molecule has 1 N–H and O–H groups in total. The van der Waals surface area contributed by atoms with Crippen LogP contribution in [0.2, 0.25) is 0 Å². The van der Waals surface area contributed by atoms with Gasteiger partial charge in [0.1, 0.15) is 5.82 Å². The summed E-state index contributed by atoms with van der Waals surface area (Å²) >= 11 is 0. The van der Waals surface area contributed by atoms with E-state index in [9.17, 15) is 4.39 Å². The molecule has 1 aromatic rings. The molecule has 0 bridgehead atoms. The fraction of sp³-hybridized carbons (Fsp3) is 0.583. The molecule has 2 heterocycles. The standard InChI is InChI=1S/C12H18FN3/c1-16(12-3-2-4-14-8-12)9-10-5-11(13)7-15-6-10/h5-7,12,14H,2-4,8-9H2,1H3. The number of piperidine rings is 1. The maximum absolute atomic E-state index is 13.0. The van der Waals surface area contributed by atoms with E-state index >= 15 is 0 Å². The summed E-state index contributed by atoms with van der Waals surface area (Å²) in [5.41, 5.74) is 0.938. The molecule has 0 amide bonds. The third-order valence-electron chi connectivity index (χ3n) is 3.09. The van der Waals surface area contributed by atoms with E-state index in [-0.39, 0.29) is 5.82 Å². The van der Waals surface area contributed by atoms with E-state index in [0.29, 0.717) is 6.04 Å². The average Bonchev–Trinajstić information content (AvgIpc) is 2.30. The number of aromatic nitrogens is 1. The number of hydrogen-bond acceptors (Lipinski definition) is 3. The van der Waals surface area contributed by atoms with Crippen LogP contribution in [0.25, 0.3) is 0 Å². The lowest BCUT2D eigenvalue weighted by molar-refractivity contribution is 0.195. The van der Waals surface area contributed by atoms with Crippen molar-refractivity contribution in [3.05, 3.63) is 29.8 Å². The van der Waals surface area contributed by atoms with Gasteiger partial charge >= 0.3 is 0 Å². The number of halogens is 1. The maximum atomic E-state index is 13.0. The number of nitrogens with one attached hydrogen (secondary N) is 1. The van der Waals surface area contributed by atoms with Crippen molar-refractivity contribution in [3.8, 4) is 0 Å². The first-order chi connectivity index (χ1) is 7.75. The topological polar surface area (TPSA) is 28.2 Å². The highest BCUT2D eigenvalue weighted by atomic mass is 19.1. The Morgan fingerprint density at radius 3 is 3.12 bits per heavy atom. The Kier molecular flexibility index (Phi) is 3.85. The molecule has 4 heteroatoms. The lowest BCUT2D eigenvalue weighted by Crippen LogP contribution is -2.43. The second kappa shape index (κ2) is 5.37. The van der Waals surface area contributed by atoms with Crippen LogP contribution in [0.4, 0.5) is 4.39 Å². The van der Waals surface area contributed by atoms with Gasteiger partial charge in [0.2, 0.25) is 0 Å². The third kappa shape index (κ3) is 3.00. The molecule has 0 spiro atoms. The smallest absolute Gasteiger partial charge is 0.141 e. The fourth-order valence-corrected chi connectivity index (χ4v) is 2.17. The maximum Gasteiger partial charge on any atom is 0.141 e. The van der Waals surface area contributed by atoms with Crippen LogP contribution in [0.3, 0.4) is 0 Å². The van der Waals surface area contributed by atoms with Crippen molar-refractivity contribution >= 4 is 0 Å². The highest BCUT2D eigenvalue weighted by Gasteiger charge is 2.17. The van der Waals surface area contributed by atoms with Gasteiger partial charge in [0.15, 0.2) is 0 Å². The zero-order valence-electron chi connectivity index (χ0n) is 9.62. The van der Waals surface area contributed by atoms with E-state index in [1.54, 1.807) is 12.3 Å². The molecule has 1 aliphatic heterocycles. The molecule has 1 unspecified atom stereocenters. The van der Waals surface area contributed by atoms with Gasteiger partial charge in [-0.25, -0.2) is 4.39 Å². The first kappa shape index (κ1) is 11.5. The Morgan fingerprint density at radius 2 is 2.44 bits per heavy atom. The summed E-state index contributed by atoms with van der Waals surface area (Å²) in [4.78, 5) is 6.13. The summed E-state index contributed by atoms with van der Waals surface area (Å²) in [7, 11) is 2.09. The van der Waals surface area contributed by atoms with Crippen LogP contribution in [-0.4, -0.2) is 36.1 Å². The Bertz CT molecular complexity index is 337. The molecular weight excluding hydrogens is 205 g/mol. The van der Waals surface area contributed by atoms with E-state index in [1.165, 1.54) is 19.0 Å². The highest BCUT2D eigenvalue weighted by molar-refractivity contribution is 5.10. The minimum atomic E-state index is -0.257.